The minimum atomic E-state index is -0.990. The molecule has 1 aromatic heterocycles. The lowest BCUT2D eigenvalue weighted by Gasteiger charge is -2.36. The molecule has 6 unspecified atom stereocenters. The van der Waals surface area contributed by atoms with Gasteiger partial charge >= 0.3 is 0 Å². The molecule has 190 valence electrons. The van der Waals surface area contributed by atoms with Crippen LogP contribution in [0.5, 0.6) is 0 Å². The first-order valence-corrected chi connectivity index (χ1v) is 14.1. The van der Waals surface area contributed by atoms with E-state index in [0.29, 0.717) is 11.7 Å². The number of nitrogens with zero attached hydrogens (tertiary/aromatic N) is 4. The molecule has 9 nitrogen and oxygen atoms in total. The molecule has 4 rings (SSSR count). The molecule has 2 aliphatic carbocycles. The van der Waals surface area contributed by atoms with Crippen LogP contribution in [0.1, 0.15) is 90.3 Å². The van der Waals surface area contributed by atoms with E-state index >= 15 is 0 Å². The standard InChI is InChI=1S/C24H39N5O4S/c1-5-34(33)20-9-7-6-8-17(20)25-22(31)19-12-16(30)13-28(19)23(32)21(24(2,3)4)29-14-18(26-27-29)15-10-11-15/h14-17,19-21,30H,5-13H2,1-4H3,(H,25,31). The number of aromatic nitrogens is 3. The maximum atomic E-state index is 13.9. The second-order valence-corrected chi connectivity index (χ2v) is 13.1. The highest BCUT2D eigenvalue weighted by molar-refractivity contribution is 7.85. The highest BCUT2D eigenvalue weighted by atomic mass is 32.2. The van der Waals surface area contributed by atoms with Crippen LogP contribution in [0.25, 0.3) is 0 Å². The molecule has 2 amide bonds. The van der Waals surface area contributed by atoms with Gasteiger partial charge in [-0.2, -0.15) is 0 Å². The molecule has 2 N–H and O–H groups in total. The van der Waals surface area contributed by atoms with Crippen LogP contribution in [0.4, 0.5) is 0 Å². The van der Waals surface area contributed by atoms with Crippen LogP contribution in [0.3, 0.4) is 0 Å². The Kier molecular flexibility index (Phi) is 7.47. The third-order valence-electron chi connectivity index (χ3n) is 7.36. The van der Waals surface area contributed by atoms with Crippen LogP contribution in [0.15, 0.2) is 6.20 Å². The van der Waals surface area contributed by atoms with Gasteiger partial charge in [-0.15, -0.1) is 5.10 Å². The summed E-state index contributed by atoms with van der Waals surface area (Å²) >= 11 is 0. The van der Waals surface area contributed by atoms with E-state index in [1.165, 1.54) is 4.90 Å². The Morgan fingerprint density at radius 3 is 2.59 bits per heavy atom. The lowest BCUT2D eigenvalue weighted by molar-refractivity contribution is -0.144. The van der Waals surface area contributed by atoms with Crippen LogP contribution < -0.4 is 5.32 Å². The minimum Gasteiger partial charge on any atom is -0.391 e. The predicted molar refractivity (Wildman–Crippen MR) is 129 cm³/mol. The van der Waals surface area contributed by atoms with Gasteiger partial charge in [0, 0.05) is 47.7 Å². The lowest BCUT2D eigenvalue weighted by Crippen LogP contribution is -2.55. The van der Waals surface area contributed by atoms with E-state index in [0.717, 1.165) is 44.2 Å². The van der Waals surface area contributed by atoms with E-state index in [9.17, 15) is 18.9 Å². The van der Waals surface area contributed by atoms with Gasteiger partial charge in [0.1, 0.15) is 12.1 Å². The zero-order valence-electron chi connectivity index (χ0n) is 20.8. The van der Waals surface area contributed by atoms with Gasteiger partial charge in [0.25, 0.3) is 0 Å². The average molecular weight is 494 g/mol. The summed E-state index contributed by atoms with van der Waals surface area (Å²) in [6, 6.07) is -1.55. The molecule has 1 aromatic rings. The molecule has 0 aromatic carbocycles. The van der Waals surface area contributed by atoms with Crippen molar-refractivity contribution in [1.29, 1.82) is 0 Å². The normalized spacial score (nSPS) is 29.6. The average Bonchev–Trinajstić information content (AvgIpc) is 3.39. The minimum absolute atomic E-state index is 0.0588. The number of carbonyl (C=O) groups is 2. The van der Waals surface area contributed by atoms with Gasteiger partial charge < -0.3 is 15.3 Å². The van der Waals surface area contributed by atoms with Gasteiger partial charge in [0.2, 0.25) is 11.8 Å². The summed E-state index contributed by atoms with van der Waals surface area (Å²) in [6.07, 6.45) is 7.13. The van der Waals surface area contributed by atoms with E-state index in [2.05, 4.69) is 15.6 Å². The van der Waals surface area contributed by atoms with Crippen LogP contribution in [0.2, 0.25) is 0 Å². The maximum Gasteiger partial charge on any atom is 0.248 e. The third kappa shape index (κ3) is 5.37. The van der Waals surface area contributed by atoms with Crippen molar-refractivity contribution in [3.63, 3.8) is 0 Å². The summed E-state index contributed by atoms with van der Waals surface area (Å²) < 4.78 is 14.2. The second-order valence-electron chi connectivity index (χ2n) is 11.2. The number of carbonyl (C=O) groups excluding carboxylic acids is 2. The molecule has 34 heavy (non-hydrogen) atoms. The van der Waals surface area contributed by atoms with Crippen LogP contribution in [-0.2, 0) is 20.4 Å². The Balaban J connectivity index is 1.53. The van der Waals surface area contributed by atoms with Crippen molar-refractivity contribution in [2.24, 2.45) is 5.41 Å². The maximum absolute atomic E-state index is 13.9. The topological polar surface area (TPSA) is 117 Å². The highest BCUT2D eigenvalue weighted by Crippen LogP contribution is 2.40. The Morgan fingerprint density at radius 1 is 1.24 bits per heavy atom. The fourth-order valence-electron chi connectivity index (χ4n) is 5.40. The molecule has 0 bridgehead atoms. The first kappa shape index (κ1) is 25.3. The molecular weight excluding hydrogens is 454 g/mol. The molecule has 3 aliphatic rings. The van der Waals surface area contributed by atoms with Crippen molar-refractivity contribution in [2.45, 2.75) is 108 Å². The Labute approximate surface area is 204 Å². The number of aliphatic hydroxyl groups excluding tert-OH is 1. The predicted octanol–water partition coefficient (Wildman–Crippen LogP) is 1.90. The van der Waals surface area contributed by atoms with E-state index in [1.54, 1.807) is 4.68 Å². The van der Waals surface area contributed by atoms with Crippen LogP contribution in [0, 0.1) is 5.41 Å². The van der Waals surface area contributed by atoms with Gasteiger partial charge in [-0.25, -0.2) is 4.68 Å². The molecule has 1 saturated heterocycles. The van der Waals surface area contributed by atoms with E-state index < -0.39 is 34.4 Å². The van der Waals surface area contributed by atoms with Crippen molar-refractivity contribution in [3.05, 3.63) is 11.9 Å². The molecule has 2 heterocycles. The fraction of sp³-hybridized carbons (Fsp3) is 0.833. The van der Waals surface area contributed by atoms with Gasteiger partial charge in [-0.3, -0.25) is 13.8 Å². The van der Waals surface area contributed by atoms with E-state index in [4.69, 9.17) is 0 Å². The first-order chi connectivity index (χ1) is 16.1. The third-order valence-corrected chi connectivity index (χ3v) is 9.17. The molecule has 6 atom stereocenters. The largest absolute Gasteiger partial charge is 0.391 e. The number of likely N-dealkylation sites (tertiary alicyclic amines) is 1. The molecule has 10 heteroatoms. The summed E-state index contributed by atoms with van der Waals surface area (Å²) in [7, 11) is -0.990. The monoisotopic (exact) mass is 493 g/mol. The molecule has 1 aliphatic heterocycles. The first-order valence-electron chi connectivity index (χ1n) is 12.7. The SMILES string of the molecule is CCS(=O)C1CCCCC1NC(=O)C1CC(O)CN1C(=O)C(n1cc(C2CC2)nn1)C(C)(C)C. The van der Waals surface area contributed by atoms with Gasteiger partial charge in [-0.1, -0.05) is 45.7 Å². The quantitative estimate of drug-likeness (QED) is 0.599. The van der Waals surface area contributed by atoms with Crippen molar-refractivity contribution in [3.8, 4) is 0 Å². The molecule has 0 spiro atoms. The summed E-state index contributed by atoms with van der Waals surface area (Å²) in [5, 5.41) is 22.0. The number of aliphatic hydroxyl groups is 1. The smallest absolute Gasteiger partial charge is 0.248 e. The van der Waals surface area contributed by atoms with Crippen molar-refractivity contribution in [1.82, 2.24) is 25.2 Å². The molecule has 2 saturated carbocycles. The number of hydrogen-bond acceptors (Lipinski definition) is 6. The van der Waals surface area contributed by atoms with Crippen LogP contribution in [-0.4, -0.2) is 76.8 Å². The summed E-state index contributed by atoms with van der Waals surface area (Å²) in [6.45, 7) is 7.94. The summed E-state index contributed by atoms with van der Waals surface area (Å²) in [4.78, 5) is 28.8. The lowest BCUT2D eigenvalue weighted by atomic mass is 9.85. The second kappa shape index (κ2) is 10.0. The molecular formula is C24H39N5O4S. The number of amides is 2. The van der Waals surface area contributed by atoms with Crippen molar-refractivity contribution < 1.29 is 18.9 Å². The zero-order valence-corrected chi connectivity index (χ0v) is 21.6. The summed E-state index contributed by atoms with van der Waals surface area (Å²) in [5.74, 6) is 0.500. The number of hydrogen-bond donors (Lipinski definition) is 2. The van der Waals surface area contributed by atoms with E-state index in [-0.39, 0.29) is 36.1 Å². The van der Waals surface area contributed by atoms with E-state index in [1.807, 2.05) is 33.9 Å². The van der Waals surface area contributed by atoms with Crippen LogP contribution >= 0.6 is 0 Å². The summed E-state index contributed by atoms with van der Waals surface area (Å²) in [5.41, 5.74) is 0.442. The number of nitrogens with one attached hydrogen (secondary N) is 1. The van der Waals surface area contributed by atoms with Gasteiger partial charge in [-0.05, 0) is 31.1 Å². The zero-order chi connectivity index (χ0) is 24.6. The number of rotatable bonds is 7. The Hall–Kier alpha value is -1.81. The number of β-amino-alcohol motifs (C(OH)–C–C–N with tert-alkyl or cyclic N) is 1. The van der Waals surface area contributed by atoms with Gasteiger partial charge in [0.05, 0.1) is 17.0 Å². The molecule has 0 radical (unpaired) electrons. The van der Waals surface area contributed by atoms with Crippen molar-refractivity contribution >= 4 is 22.6 Å². The highest BCUT2D eigenvalue weighted by Gasteiger charge is 2.46. The molecule has 3 fully saturated rings. The Morgan fingerprint density at radius 2 is 1.94 bits per heavy atom. The Bertz CT molecular complexity index is 925. The van der Waals surface area contributed by atoms with Gasteiger partial charge in [0.15, 0.2) is 0 Å². The van der Waals surface area contributed by atoms with Crippen molar-refractivity contribution in [2.75, 3.05) is 12.3 Å². The fourth-order valence-corrected chi connectivity index (χ4v) is 6.82.